The second-order valence-corrected chi connectivity index (χ2v) is 5.21. The highest BCUT2D eigenvalue weighted by atomic mass is 16.5. The monoisotopic (exact) mass is 262 g/mol. The SMILES string of the molecule is CCNCCCC(C)N1CCCOc2ccccc21. The minimum atomic E-state index is 0.571. The van der Waals surface area contributed by atoms with Crippen LogP contribution < -0.4 is 15.0 Å². The molecule has 1 atom stereocenters. The number of ether oxygens (including phenoxy) is 1. The van der Waals surface area contributed by atoms with Crippen LogP contribution in [-0.4, -0.2) is 32.3 Å². The lowest BCUT2D eigenvalue weighted by Gasteiger charge is -2.30. The molecule has 1 heterocycles. The number of hydrogen-bond acceptors (Lipinski definition) is 3. The molecule has 0 aromatic heterocycles. The van der Waals surface area contributed by atoms with Crippen molar-refractivity contribution in [1.82, 2.24) is 5.32 Å². The number of fused-ring (bicyclic) bond motifs is 1. The van der Waals surface area contributed by atoms with Crippen LogP contribution in [0.2, 0.25) is 0 Å². The molecule has 1 aliphatic heterocycles. The van der Waals surface area contributed by atoms with Gasteiger partial charge in [0.05, 0.1) is 12.3 Å². The van der Waals surface area contributed by atoms with Gasteiger partial charge in [-0.1, -0.05) is 19.1 Å². The number of anilines is 1. The Hall–Kier alpha value is -1.22. The summed E-state index contributed by atoms with van der Waals surface area (Å²) in [7, 11) is 0. The highest BCUT2D eigenvalue weighted by molar-refractivity contribution is 5.59. The molecule has 0 saturated carbocycles. The van der Waals surface area contributed by atoms with E-state index < -0.39 is 0 Å². The number of hydrogen-bond donors (Lipinski definition) is 1. The van der Waals surface area contributed by atoms with Crippen LogP contribution in [0, 0.1) is 0 Å². The standard InChI is InChI=1S/C16H26N2O/c1-3-17-11-6-8-14(2)18-12-7-13-19-16-10-5-4-9-15(16)18/h4-5,9-10,14,17H,3,6-8,11-13H2,1-2H3. The molecule has 1 aliphatic rings. The molecule has 106 valence electrons. The molecule has 0 fully saturated rings. The summed E-state index contributed by atoms with van der Waals surface area (Å²) in [6.45, 7) is 8.60. The van der Waals surface area contributed by atoms with Crippen molar-refractivity contribution >= 4 is 5.69 Å². The largest absolute Gasteiger partial charge is 0.491 e. The lowest BCUT2D eigenvalue weighted by Crippen LogP contribution is -2.34. The van der Waals surface area contributed by atoms with Crippen LogP contribution in [0.1, 0.15) is 33.1 Å². The highest BCUT2D eigenvalue weighted by Crippen LogP contribution is 2.32. The van der Waals surface area contributed by atoms with Gasteiger partial charge < -0.3 is 15.0 Å². The second-order valence-electron chi connectivity index (χ2n) is 5.21. The topological polar surface area (TPSA) is 24.5 Å². The fraction of sp³-hybridized carbons (Fsp3) is 0.625. The Balaban J connectivity index is 1.98. The Kier molecular flexibility index (Phi) is 5.52. The van der Waals surface area contributed by atoms with Crippen molar-refractivity contribution in [3.05, 3.63) is 24.3 Å². The van der Waals surface area contributed by atoms with E-state index in [2.05, 4.69) is 48.3 Å². The Morgan fingerprint density at radius 2 is 2.21 bits per heavy atom. The summed E-state index contributed by atoms with van der Waals surface area (Å²) < 4.78 is 5.82. The summed E-state index contributed by atoms with van der Waals surface area (Å²) in [5, 5.41) is 3.39. The maximum Gasteiger partial charge on any atom is 0.142 e. The Morgan fingerprint density at radius 1 is 1.37 bits per heavy atom. The summed E-state index contributed by atoms with van der Waals surface area (Å²) in [4.78, 5) is 2.51. The van der Waals surface area contributed by atoms with E-state index in [-0.39, 0.29) is 0 Å². The quantitative estimate of drug-likeness (QED) is 0.797. The molecule has 3 heteroatoms. The van der Waals surface area contributed by atoms with E-state index >= 15 is 0 Å². The third-order valence-corrected chi connectivity index (χ3v) is 3.73. The smallest absolute Gasteiger partial charge is 0.142 e. The van der Waals surface area contributed by atoms with E-state index in [9.17, 15) is 0 Å². The van der Waals surface area contributed by atoms with Crippen molar-refractivity contribution in [2.75, 3.05) is 31.1 Å². The van der Waals surface area contributed by atoms with Gasteiger partial charge >= 0.3 is 0 Å². The molecule has 0 bridgehead atoms. The van der Waals surface area contributed by atoms with Crippen molar-refractivity contribution in [3.63, 3.8) is 0 Å². The van der Waals surface area contributed by atoms with E-state index in [0.717, 1.165) is 38.4 Å². The third kappa shape index (κ3) is 3.87. The number of benzene rings is 1. The molecule has 0 radical (unpaired) electrons. The molecule has 1 unspecified atom stereocenters. The molecule has 0 spiro atoms. The zero-order chi connectivity index (χ0) is 13.5. The van der Waals surface area contributed by atoms with Crippen molar-refractivity contribution in [2.45, 2.75) is 39.2 Å². The van der Waals surface area contributed by atoms with Crippen molar-refractivity contribution in [2.24, 2.45) is 0 Å². The molecule has 2 rings (SSSR count). The lowest BCUT2D eigenvalue weighted by atomic mass is 10.1. The van der Waals surface area contributed by atoms with Crippen LogP contribution >= 0.6 is 0 Å². The van der Waals surface area contributed by atoms with Gasteiger partial charge in [-0.2, -0.15) is 0 Å². The van der Waals surface area contributed by atoms with Gasteiger partial charge in [0.25, 0.3) is 0 Å². The second kappa shape index (κ2) is 7.39. The first-order valence-electron chi connectivity index (χ1n) is 7.52. The first kappa shape index (κ1) is 14.2. The van der Waals surface area contributed by atoms with E-state index in [0.29, 0.717) is 6.04 Å². The van der Waals surface area contributed by atoms with Crippen molar-refractivity contribution in [3.8, 4) is 5.75 Å². The molecule has 0 aliphatic carbocycles. The van der Waals surface area contributed by atoms with Gasteiger partial charge in [-0.25, -0.2) is 0 Å². The molecule has 1 aromatic rings. The molecule has 1 N–H and O–H groups in total. The number of para-hydroxylation sites is 2. The van der Waals surface area contributed by atoms with Crippen molar-refractivity contribution < 1.29 is 4.74 Å². The molecule has 0 amide bonds. The van der Waals surface area contributed by atoms with Gasteiger partial charge in [-0.05, 0) is 51.4 Å². The maximum absolute atomic E-state index is 5.82. The van der Waals surface area contributed by atoms with Crippen LogP contribution in [0.15, 0.2) is 24.3 Å². The van der Waals surface area contributed by atoms with Gasteiger partial charge in [-0.15, -0.1) is 0 Å². The third-order valence-electron chi connectivity index (χ3n) is 3.73. The average Bonchev–Trinajstić information content (AvgIpc) is 2.66. The highest BCUT2D eigenvalue weighted by Gasteiger charge is 2.20. The molecule has 19 heavy (non-hydrogen) atoms. The minimum Gasteiger partial charge on any atom is -0.491 e. The number of nitrogens with zero attached hydrogens (tertiary/aromatic N) is 1. The number of rotatable bonds is 6. The fourth-order valence-electron chi connectivity index (χ4n) is 2.67. The first-order valence-corrected chi connectivity index (χ1v) is 7.52. The zero-order valence-corrected chi connectivity index (χ0v) is 12.2. The molecule has 0 saturated heterocycles. The Labute approximate surface area is 116 Å². The lowest BCUT2D eigenvalue weighted by molar-refractivity contribution is 0.322. The molecule has 1 aromatic carbocycles. The van der Waals surface area contributed by atoms with E-state index in [4.69, 9.17) is 4.74 Å². The Morgan fingerprint density at radius 3 is 3.05 bits per heavy atom. The van der Waals surface area contributed by atoms with Crippen LogP contribution in [0.3, 0.4) is 0 Å². The summed E-state index contributed by atoms with van der Waals surface area (Å²) in [6.07, 6.45) is 3.56. The summed E-state index contributed by atoms with van der Waals surface area (Å²) in [5.41, 5.74) is 1.26. The van der Waals surface area contributed by atoms with Gasteiger partial charge in [-0.3, -0.25) is 0 Å². The minimum absolute atomic E-state index is 0.571. The summed E-state index contributed by atoms with van der Waals surface area (Å²) in [5.74, 6) is 1.04. The summed E-state index contributed by atoms with van der Waals surface area (Å²) in [6, 6.07) is 8.99. The molecule has 3 nitrogen and oxygen atoms in total. The predicted molar refractivity (Wildman–Crippen MR) is 81.1 cm³/mol. The van der Waals surface area contributed by atoms with E-state index in [1.807, 2.05) is 0 Å². The normalized spacial score (nSPS) is 16.4. The van der Waals surface area contributed by atoms with Gasteiger partial charge in [0.2, 0.25) is 0 Å². The van der Waals surface area contributed by atoms with E-state index in [1.54, 1.807) is 0 Å². The van der Waals surface area contributed by atoms with Gasteiger partial charge in [0.15, 0.2) is 0 Å². The van der Waals surface area contributed by atoms with Crippen LogP contribution in [-0.2, 0) is 0 Å². The maximum atomic E-state index is 5.82. The summed E-state index contributed by atoms with van der Waals surface area (Å²) >= 11 is 0. The van der Waals surface area contributed by atoms with Crippen molar-refractivity contribution in [1.29, 1.82) is 0 Å². The first-order chi connectivity index (χ1) is 9.33. The predicted octanol–water partition coefficient (Wildman–Crippen LogP) is 3.05. The van der Waals surface area contributed by atoms with Crippen LogP contribution in [0.5, 0.6) is 5.75 Å². The average molecular weight is 262 g/mol. The number of nitrogens with one attached hydrogen (secondary N) is 1. The molecular formula is C16H26N2O. The zero-order valence-electron chi connectivity index (χ0n) is 12.2. The Bertz CT molecular complexity index is 381. The van der Waals surface area contributed by atoms with Crippen LogP contribution in [0.4, 0.5) is 5.69 Å². The van der Waals surface area contributed by atoms with Crippen LogP contribution in [0.25, 0.3) is 0 Å². The fourth-order valence-corrected chi connectivity index (χ4v) is 2.67. The van der Waals surface area contributed by atoms with Gasteiger partial charge in [0, 0.05) is 12.6 Å². The van der Waals surface area contributed by atoms with E-state index in [1.165, 1.54) is 18.5 Å². The molecular weight excluding hydrogens is 236 g/mol. The van der Waals surface area contributed by atoms with Gasteiger partial charge in [0.1, 0.15) is 5.75 Å².